The Morgan fingerprint density at radius 1 is 0.944 bits per heavy atom. The van der Waals surface area contributed by atoms with Gasteiger partial charge >= 0.3 is 0 Å². The number of rotatable bonds is 1. The maximum absolute atomic E-state index is 2.48. The normalized spacial score (nSPS) is 35.2. The van der Waals surface area contributed by atoms with Crippen LogP contribution < -0.4 is 0 Å². The molecule has 0 N–H and O–H groups in total. The van der Waals surface area contributed by atoms with E-state index in [1.54, 1.807) is 5.57 Å². The first-order chi connectivity index (χ1) is 8.79. The number of hydrogen-bond donors (Lipinski definition) is 0. The first-order valence-electron chi connectivity index (χ1n) is 8.15. The Hall–Kier alpha value is -0.520. The van der Waals surface area contributed by atoms with Gasteiger partial charge in [-0.3, -0.25) is 0 Å². The molecule has 0 nitrogen and oxygen atoms in total. The van der Waals surface area contributed by atoms with Crippen molar-refractivity contribution in [1.82, 2.24) is 0 Å². The van der Waals surface area contributed by atoms with Crippen molar-refractivity contribution < 1.29 is 0 Å². The van der Waals surface area contributed by atoms with E-state index < -0.39 is 0 Å². The minimum atomic E-state index is 0.822. The van der Waals surface area contributed by atoms with Gasteiger partial charge < -0.3 is 0 Å². The number of fused-ring (bicyclic) bond motifs is 1. The molecule has 1 saturated carbocycles. The summed E-state index contributed by atoms with van der Waals surface area (Å²) < 4.78 is 0. The van der Waals surface area contributed by atoms with E-state index in [0.717, 1.165) is 17.8 Å². The zero-order valence-electron chi connectivity index (χ0n) is 12.3. The van der Waals surface area contributed by atoms with Crippen molar-refractivity contribution in [1.29, 1.82) is 0 Å². The third-order valence-corrected chi connectivity index (χ3v) is 4.88. The molecule has 0 aliphatic heterocycles. The molecular formula is C18H30. The van der Waals surface area contributed by atoms with Crippen LogP contribution in [-0.2, 0) is 0 Å². The van der Waals surface area contributed by atoms with Crippen LogP contribution in [0.15, 0.2) is 23.8 Å². The molecule has 0 aromatic rings. The number of hydrogen-bond acceptors (Lipinski definition) is 0. The molecule has 0 radical (unpaired) electrons. The van der Waals surface area contributed by atoms with Gasteiger partial charge in [0.05, 0.1) is 0 Å². The third kappa shape index (κ3) is 3.73. The molecule has 0 heterocycles. The largest absolute Gasteiger partial charge is 0.0845 e. The standard InChI is InChI=1S/C18H30/c1-15(2)17-14-13-16-11-9-7-5-3-4-6-8-10-12-18(16)17/h8,10,12,15-17H,3-7,9,11,13-14H2,1-2H3/b10-8-,18-12+. The lowest BCUT2D eigenvalue weighted by Gasteiger charge is -2.20. The van der Waals surface area contributed by atoms with Gasteiger partial charge in [-0.05, 0) is 49.9 Å². The average molecular weight is 246 g/mol. The van der Waals surface area contributed by atoms with E-state index in [0.29, 0.717) is 0 Å². The van der Waals surface area contributed by atoms with Gasteiger partial charge in [-0.25, -0.2) is 0 Å². The molecule has 18 heavy (non-hydrogen) atoms. The van der Waals surface area contributed by atoms with E-state index in [-0.39, 0.29) is 0 Å². The second-order valence-corrected chi connectivity index (χ2v) is 6.56. The predicted molar refractivity (Wildman–Crippen MR) is 80.6 cm³/mol. The molecule has 0 aromatic carbocycles. The highest BCUT2D eigenvalue weighted by molar-refractivity contribution is 5.22. The highest BCUT2D eigenvalue weighted by Gasteiger charge is 2.31. The lowest BCUT2D eigenvalue weighted by atomic mass is 9.86. The van der Waals surface area contributed by atoms with Crippen LogP contribution in [0.3, 0.4) is 0 Å². The maximum atomic E-state index is 2.48. The summed E-state index contributed by atoms with van der Waals surface area (Å²) in [5.74, 6) is 2.59. The van der Waals surface area contributed by atoms with Crippen molar-refractivity contribution in [3.8, 4) is 0 Å². The maximum Gasteiger partial charge on any atom is -0.0174 e. The van der Waals surface area contributed by atoms with Gasteiger partial charge in [0, 0.05) is 0 Å². The molecule has 0 saturated heterocycles. The molecule has 0 amide bonds. The molecule has 1 fully saturated rings. The van der Waals surface area contributed by atoms with Crippen LogP contribution in [-0.4, -0.2) is 0 Å². The molecule has 2 unspecified atom stereocenters. The van der Waals surface area contributed by atoms with Crippen molar-refractivity contribution >= 4 is 0 Å². The van der Waals surface area contributed by atoms with E-state index in [4.69, 9.17) is 0 Å². The zero-order chi connectivity index (χ0) is 12.8. The SMILES string of the molecule is CC(C)C1CCC2CCCCCCC/C=C\C=C/21. The topological polar surface area (TPSA) is 0 Å². The first-order valence-corrected chi connectivity index (χ1v) is 8.15. The van der Waals surface area contributed by atoms with Crippen LogP contribution in [0.4, 0.5) is 0 Å². The van der Waals surface area contributed by atoms with Crippen molar-refractivity contribution in [3.05, 3.63) is 23.8 Å². The van der Waals surface area contributed by atoms with Crippen molar-refractivity contribution in [2.24, 2.45) is 17.8 Å². The van der Waals surface area contributed by atoms with Gasteiger partial charge in [0.15, 0.2) is 0 Å². The Morgan fingerprint density at radius 2 is 1.72 bits per heavy atom. The Balaban J connectivity index is 2.08. The Labute approximate surface area is 114 Å². The van der Waals surface area contributed by atoms with Gasteiger partial charge in [0.1, 0.15) is 0 Å². The van der Waals surface area contributed by atoms with Gasteiger partial charge in [-0.1, -0.05) is 63.3 Å². The Morgan fingerprint density at radius 3 is 2.56 bits per heavy atom. The summed E-state index contributed by atoms with van der Waals surface area (Å²) in [7, 11) is 0. The fourth-order valence-corrected chi connectivity index (χ4v) is 3.76. The van der Waals surface area contributed by atoms with Crippen LogP contribution in [0, 0.1) is 17.8 Å². The van der Waals surface area contributed by atoms with E-state index in [9.17, 15) is 0 Å². The van der Waals surface area contributed by atoms with Crippen LogP contribution in [0.2, 0.25) is 0 Å². The molecular weight excluding hydrogens is 216 g/mol. The first kappa shape index (κ1) is 13.9. The predicted octanol–water partition coefficient (Wildman–Crippen LogP) is 5.90. The minimum Gasteiger partial charge on any atom is -0.0845 e. The molecule has 0 aromatic heterocycles. The second-order valence-electron chi connectivity index (χ2n) is 6.56. The van der Waals surface area contributed by atoms with Gasteiger partial charge in [0.25, 0.3) is 0 Å². The van der Waals surface area contributed by atoms with E-state index >= 15 is 0 Å². The van der Waals surface area contributed by atoms with Crippen LogP contribution in [0.25, 0.3) is 0 Å². The Kier molecular flexibility index (Phi) is 5.53. The fourth-order valence-electron chi connectivity index (χ4n) is 3.76. The fraction of sp³-hybridized carbons (Fsp3) is 0.778. The lowest BCUT2D eigenvalue weighted by molar-refractivity contribution is 0.451. The monoisotopic (exact) mass is 246 g/mol. The Bertz CT molecular complexity index is 295. The number of allylic oxidation sites excluding steroid dienone is 4. The third-order valence-electron chi connectivity index (χ3n) is 4.88. The highest BCUT2D eigenvalue weighted by atomic mass is 14.4. The zero-order valence-corrected chi connectivity index (χ0v) is 12.3. The second kappa shape index (κ2) is 7.16. The summed E-state index contributed by atoms with van der Waals surface area (Å²) in [6.07, 6.45) is 20.0. The summed E-state index contributed by atoms with van der Waals surface area (Å²) in [6, 6.07) is 0. The van der Waals surface area contributed by atoms with Gasteiger partial charge in [-0.2, -0.15) is 0 Å². The van der Waals surface area contributed by atoms with Crippen LogP contribution >= 0.6 is 0 Å². The summed E-state index contributed by atoms with van der Waals surface area (Å²) in [6.45, 7) is 4.79. The molecule has 2 aliphatic rings. The molecule has 2 aliphatic carbocycles. The van der Waals surface area contributed by atoms with Crippen molar-refractivity contribution in [3.63, 3.8) is 0 Å². The van der Waals surface area contributed by atoms with Gasteiger partial charge in [0.2, 0.25) is 0 Å². The minimum absolute atomic E-state index is 0.822. The molecule has 0 heteroatoms. The summed E-state index contributed by atoms with van der Waals surface area (Å²) in [4.78, 5) is 0. The van der Waals surface area contributed by atoms with Crippen molar-refractivity contribution in [2.45, 2.75) is 71.6 Å². The van der Waals surface area contributed by atoms with Crippen molar-refractivity contribution in [2.75, 3.05) is 0 Å². The molecule has 2 atom stereocenters. The van der Waals surface area contributed by atoms with E-state index in [1.165, 1.54) is 57.8 Å². The molecule has 0 spiro atoms. The summed E-state index contributed by atoms with van der Waals surface area (Å²) in [5.41, 5.74) is 1.78. The summed E-state index contributed by atoms with van der Waals surface area (Å²) >= 11 is 0. The average Bonchev–Trinajstić information content (AvgIpc) is 2.72. The molecule has 2 rings (SSSR count). The molecule has 0 bridgehead atoms. The van der Waals surface area contributed by atoms with E-state index in [1.807, 2.05) is 0 Å². The summed E-state index contributed by atoms with van der Waals surface area (Å²) in [5, 5.41) is 0. The smallest absolute Gasteiger partial charge is 0.0174 e. The van der Waals surface area contributed by atoms with Crippen LogP contribution in [0.5, 0.6) is 0 Å². The van der Waals surface area contributed by atoms with Gasteiger partial charge in [-0.15, -0.1) is 0 Å². The quantitative estimate of drug-likeness (QED) is 0.540. The highest BCUT2D eigenvalue weighted by Crippen LogP contribution is 2.43. The van der Waals surface area contributed by atoms with Crippen LogP contribution in [0.1, 0.15) is 71.6 Å². The van der Waals surface area contributed by atoms with E-state index in [2.05, 4.69) is 32.1 Å². The lowest BCUT2D eigenvalue weighted by Crippen LogP contribution is -2.09. The molecule has 102 valence electrons.